The predicted octanol–water partition coefficient (Wildman–Crippen LogP) is 0.847. The van der Waals surface area contributed by atoms with Gasteiger partial charge in [0, 0.05) is 52.1 Å². The van der Waals surface area contributed by atoms with E-state index in [0.717, 1.165) is 45.6 Å². The fraction of sp³-hybridized carbons (Fsp3) is 0.867. The Kier molecular flexibility index (Phi) is 5.83. The van der Waals surface area contributed by atoms with Crippen LogP contribution in [-0.4, -0.2) is 60.9 Å². The Balaban J connectivity index is 1.68. The van der Waals surface area contributed by atoms with Crippen molar-refractivity contribution >= 4 is 11.8 Å². The van der Waals surface area contributed by atoms with Crippen LogP contribution in [0.15, 0.2) is 0 Å². The van der Waals surface area contributed by atoms with Gasteiger partial charge in [-0.2, -0.15) is 0 Å². The highest BCUT2D eigenvalue weighted by Gasteiger charge is 2.28. The summed E-state index contributed by atoms with van der Waals surface area (Å²) < 4.78 is 0. The number of carbonyl (C=O) groups excluding carboxylic acids is 2. The predicted molar refractivity (Wildman–Crippen MR) is 78.3 cm³/mol. The molecule has 20 heavy (non-hydrogen) atoms. The fourth-order valence-corrected chi connectivity index (χ4v) is 3.19. The van der Waals surface area contributed by atoms with Gasteiger partial charge in [-0.1, -0.05) is 19.3 Å². The van der Waals surface area contributed by atoms with E-state index in [1.807, 2.05) is 4.90 Å². The van der Waals surface area contributed by atoms with Crippen molar-refractivity contribution in [3.8, 4) is 0 Å². The zero-order valence-electron chi connectivity index (χ0n) is 12.6. The summed E-state index contributed by atoms with van der Waals surface area (Å²) in [6.45, 7) is 6.67. The zero-order valence-corrected chi connectivity index (χ0v) is 12.6. The third-order valence-electron chi connectivity index (χ3n) is 4.44. The molecule has 0 spiro atoms. The van der Waals surface area contributed by atoms with E-state index in [4.69, 9.17) is 0 Å². The molecule has 1 N–H and O–H groups in total. The third-order valence-corrected chi connectivity index (χ3v) is 4.44. The van der Waals surface area contributed by atoms with Crippen LogP contribution in [-0.2, 0) is 9.59 Å². The average Bonchev–Trinajstić information content (AvgIpc) is 2.48. The molecule has 0 unspecified atom stereocenters. The molecule has 0 bridgehead atoms. The van der Waals surface area contributed by atoms with Gasteiger partial charge in [0.15, 0.2) is 0 Å². The Morgan fingerprint density at radius 2 is 1.70 bits per heavy atom. The number of nitrogens with zero attached hydrogens (tertiary/aromatic N) is 2. The van der Waals surface area contributed by atoms with Gasteiger partial charge in [-0.15, -0.1) is 0 Å². The van der Waals surface area contributed by atoms with Gasteiger partial charge in [0.1, 0.15) is 0 Å². The SMILES string of the molecule is CC(=O)NCCN1CCN(C(=O)C2CCCCC2)CC1. The lowest BCUT2D eigenvalue weighted by Crippen LogP contribution is -2.51. The van der Waals surface area contributed by atoms with Gasteiger partial charge in [0.05, 0.1) is 0 Å². The number of hydrogen-bond acceptors (Lipinski definition) is 3. The number of carbonyl (C=O) groups is 2. The first kappa shape index (κ1) is 15.3. The van der Waals surface area contributed by atoms with Crippen molar-refractivity contribution in [2.75, 3.05) is 39.3 Å². The Bertz CT molecular complexity index is 332. The number of nitrogens with one attached hydrogen (secondary N) is 1. The number of piperazine rings is 1. The molecule has 2 amide bonds. The smallest absolute Gasteiger partial charge is 0.225 e. The van der Waals surface area contributed by atoms with E-state index in [1.54, 1.807) is 6.92 Å². The molecule has 114 valence electrons. The molecule has 5 nitrogen and oxygen atoms in total. The van der Waals surface area contributed by atoms with Crippen molar-refractivity contribution in [2.24, 2.45) is 5.92 Å². The lowest BCUT2D eigenvalue weighted by atomic mass is 9.88. The minimum atomic E-state index is 0.0242. The maximum absolute atomic E-state index is 12.4. The summed E-state index contributed by atoms with van der Waals surface area (Å²) in [5, 5.41) is 2.82. The molecule has 2 rings (SSSR count). The molecule has 0 aromatic carbocycles. The van der Waals surface area contributed by atoms with Crippen LogP contribution in [0, 0.1) is 5.92 Å². The minimum absolute atomic E-state index is 0.0242. The summed E-state index contributed by atoms with van der Waals surface area (Å²) in [4.78, 5) is 27.6. The highest BCUT2D eigenvalue weighted by Crippen LogP contribution is 2.25. The Morgan fingerprint density at radius 1 is 1.05 bits per heavy atom. The summed E-state index contributed by atoms with van der Waals surface area (Å²) in [7, 11) is 0. The fourth-order valence-electron chi connectivity index (χ4n) is 3.19. The molecule has 1 saturated carbocycles. The van der Waals surface area contributed by atoms with Gasteiger partial charge in [-0.05, 0) is 12.8 Å². The number of hydrogen-bond donors (Lipinski definition) is 1. The van der Waals surface area contributed by atoms with E-state index in [1.165, 1.54) is 19.3 Å². The average molecular weight is 281 g/mol. The maximum Gasteiger partial charge on any atom is 0.225 e. The molecular formula is C15H27N3O2. The summed E-state index contributed by atoms with van der Waals surface area (Å²) in [6.07, 6.45) is 5.89. The van der Waals surface area contributed by atoms with Crippen molar-refractivity contribution in [3.05, 3.63) is 0 Å². The molecule has 1 aliphatic carbocycles. The van der Waals surface area contributed by atoms with E-state index in [0.29, 0.717) is 12.5 Å². The van der Waals surface area contributed by atoms with Crippen molar-refractivity contribution < 1.29 is 9.59 Å². The largest absolute Gasteiger partial charge is 0.355 e. The van der Waals surface area contributed by atoms with Crippen LogP contribution < -0.4 is 5.32 Å². The van der Waals surface area contributed by atoms with Gasteiger partial charge in [-0.3, -0.25) is 14.5 Å². The molecular weight excluding hydrogens is 254 g/mol. The topological polar surface area (TPSA) is 52.7 Å². The van der Waals surface area contributed by atoms with Crippen LogP contribution in [0.25, 0.3) is 0 Å². The van der Waals surface area contributed by atoms with E-state index in [9.17, 15) is 9.59 Å². The highest BCUT2D eigenvalue weighted by molar-refractivity contribution is 5.79. The van der Waals surface area contributed by atoms with Crippen LogP contribution in [0.2, 0.25) is 0 Å². The first-order valence-electron chi connectivity index (χ1n) is 7.92. The van der Waals surface area contributed by atoms with Gasteiger partial charge in [0.25, 0.3) is 0 Å². The van der Waals surface area contributed by atoms with Crippen molar-refractivity contribution in [1.82, 2.24) is 15.1 Å². The molecule has 1 heterocycles. The first-order chi connectivity index (χ1) is 9.66. The van der Waals surface area contributed by atoms with Gasteiger partial charge in [-0.25, -0.2) is 0 Å². The van der Waals surface area contributed by atoms with Crippen molar-refractivity contribution in [1.29, 1.82) is 0 Å². The second-order valence-electron chi connectivity index (χ2n) is 5.98. The maximum atomic E-state index is 12.4. The van der Waals surface area contributed by atoms with Gasteiger partial charge < -0.3 is 10.2 Å². The number of rotatable bonds is 4. The molecule has 0 atom stereocenters. The second kappa shape index (κ2) is 7.62. The minimum Gasteiger partial charge on any atom is -0.355 e. The standard InChI is InChI=1S/C15H27N3O2/c1-13(19)16-7-8-17-9-11-18(12-10-17)15(20)14-5-3-2-4-6-14/h14H,2-12H2,1H3,(H,16,19). The summed E-state index contributed by atoms with van der Waals surface area (Å²) in [5.41, 5.74) is 0. The van der Waals surface area contributed by atoms with Crippen molar-refractivity contribution in [2.45, 2.75) is 39.0 Å². The summed E-state index contributed by atoms with van der Waals surface area (Å²) in [6, 6.07) is 0. The Morgan fingerprint density at radius 3 is 2.30 bits per heavy atom. The van der Waals surface area contributed by atoms with E-state index >= 15 is 0 Å². The van der Waals surface area contributed by atoms with Gasteiger partial charge in [0.2, 0.25) is 11.8 Å². The quantitative estimate of drug-likeness (QED) is 0.831. The molecule has 1 aliphatic heterocycles. The third kappa shape index (κ3) is 4.47. The molecule has 0 radical (unpaired) electrons. The van der Waals surface area contributed by atoms with E-state index in [-0.39, 0.29) is 11.8 Å². The van der Waals surface area contributed by atoms with Crippen molar-refractivity contribution in [3.63, 3.8) is 0 Å². The normalized spacial score (nSPS) is 21.8. The second-order valence-corrected chi connectivity index (χ2v) is 5.98. The molecule has 0 aromatic rings. The zero-order chi connectivity index (χ0) is 14.4. The molecule has 2 fully saturated rings. The lowest BCUT2D eigenvalue weighted by molar-refractivity contribution is -0.138. The molecule has 5 heteroatoms. The summed E-state index contributed by atoms with van der Waals surface area (Å²) in [5.74, 6) is 0.692. The summed E-state index contributed by atoms with van der Waals surface area (Å²) >= 11 is 0. The van der Waals surface area contributed by atoms with Crippen LogP contribution in [0.3, 0.4) is 0 Å². The monoisotopic (exact) mass is 281 g/mol. The molecule has 1 saturated heterocycles. The van der Waals surface area contributed by atoms with Crippen LogP contribution >= 0.6 is 0 Å². The van der Waals surface area contributed by atoms with Crippen LogP contribution in [0.5, 0.6) is 0 Å². The van der Waals surface area contributed by atoms with Crippen LogP contribution in [0.4, 0.5) is 0 Å². The van der Waals surface area contributed by atoms with E-state index < -0.39 is 0 Å². The highest BCUT2D eigenvalue weighted by atomic mass is 16.2. The molecule has 2 aliphatic rings. The van der Waals surface area contributed by atoms with Crippen LogP contribution in [0.1, 0.15) is 39.0 Å². The Hall–Kier alpha value is -1.10. The number of amides is 2. The van der Waals surface area contributed by atoms with E-state index in [2.05, 4.69) is 10.2 Å². The molecule has 0 aromatic heterocycles. The Labute approximate surface area is 121 Å². The lowest BCUT2D eigenvalue weighted by Gasteiger charge is -2.37. The van der Waals surface area contributed by atoms with Gasteiger partial charge >= 0.3 is 0 Å². The first-order valence-corrected chi connectivity index (χ1v) is 7.92.